The van der Waals surface area contributed by atoms with Crippen LogP contribution in [0.1, 0.15) is 28.9 Å². The van der Waals surface area contributed by atoms with E-state index in [1.807, 2.05) is 43.4 Å². The predicted octanol–water partition coefficient (Wildman–Crippen LogP) is 2.78. The molecule has 0 radical (unpaired) electrons. The van der Waals surface area contributed by atoms with Gasteiger partial charge in [0.15, 0.2) is 5.69 Å². The summed E-state index contributed by atoms with van der Waals surface area (Å²) in [6, 6.07) is 15.4. The van der Waals surface area contributed by atoms with Crippen LogP contribution in [0.2, 0.25) is 0 Å². The SMILES string of the molecule is CNCC1(c2ccc(NC(=O)c3cnnn3-c3ccc(OC)cc3)cc2)CC1. The van der Waals surface area contributed by atoms with Gasteiger partial charge < -0.3 is 15.4 Å². The molecule has 1 heterocycles. The Morgan fingerprint density at radius 3 is 2.46 bits per heavy atom. The topological polar surface area (TPSA) is 81.1 Å². The molecule has 0 aliphatic heterocycles. The van der Waals surface area contributed by atoms with E-state index >= 15 is 0 Å². The van der Waals surface area contributed by atoms with Crippen molar-refractivity contribution in [2.24, 2.45) is 0 Å². The van der Waals surface area contributed by atoms with Crippen LogP contribution in [0.4, 0.5) is 5.69 Å². The maximum absolute atomic E-state index is 12.7. The quantitative estimate of drug-likeness (QED) is 0.662. The van der Waals surface area contributed by atoms with E-state index in [1.165, 1.54) is 29.3 Å². The highest BCUT2D eigenvalue weighted by atomic mass is 16.5. The number of methoxy groups -OCH3 is 1. The monoisotopic (exact) mass is 377 g/mol. The van der Waals surface area contributed by atoms with E-state index in [2.05, 4.69) is 33.1 Å². The lowest BCUT2D eigenvalue weighted by Crippen LogP contribution is -2.23. The number of carbonyl (C=O) groups is 1. The third kappa shape index (κ3) is 3.48. The van der Waals surface area contributed by atoms with Crippen LogP contribution in [0.15, 0.2) is 54.7 Å². The Labute approximate surface area is 163 Å². The molecule has 1 fully saturated rings. The molecule has 0 spiro atoms. The fourth-order valence-corrected chi connectivity index (χ4v) is 3.46. The summed E-state index contributed by atoms with van der Waals surface area (Å²) in [6.45, 7) is 0.978. The van der Waals surface area contributed by atoms with E-state index in [4.69, 9.17) is 4.74 Å². The van der Waals surface area contributed by atoms with Crippen molar-refractivity contribution in [2.45, 2.75) is 18.3 Å². The lowest BCUT2D eigenvalue weighted by atomic mass is 9.96. The molecule has 1 amide bonds. The van der Waals surface area contributed by atoms with Gasteiger partial charge in [0.1, 0.15) is 5.75 Å². The smallest absolute Gasteiger partial charge is 0.276 e. The average molecular weight is 377 g/mol. The first kappa shape index (κ1) is 18.2. The minimum Gasteiger partial charge on any atom is -0.497 e. The predicted molar refractivity (Wildman–Crippen MR) is 107 cm³/mol. The van der Waals surface area contributed by atoms with Crippen LogP contribution in [-0.2, 0) is 5.41 Å². The molecule has 2 N–H and O–H groups in total. The van der Waals surface area contributed by atoms with E-state index < -0.39 is 0 Å². The number of carbonyl (C=O) groups excluding carboxylic acids is 1. The van der Waals surface area contributed by atoms with Gasteiger partial charge in [0, 0.05) is 17.6 Å². The summed E-state index contributed by atoms with van der Waals surface area (Å²) in [5.41, 5.74) is 3.42. The van der Waals surface area contributed by atoms with Gasteiger partial charge in [-0.15, -0.1) is 5.10 Å². The van der Waals surface area contributed by atoms with Crippen molar-refractivity contribution in [1.82, 2.24) is 20.3 Å². The highest BCUT2D eigenvalue weighted by Crippen LogP contribution is 2.47. The molecule has 144 valence electrons. The van der Waals surface area contributed by atoms with E-state index in [-0.39, 0.29) is 11.3 Å². The molecule has 3 aromatic rings. The first-order chi connectivity index (χ1) is 13.6. The number of rotatable bonds is 7. The second-order valence-electron chi connectivity index (χ2n) is 7.07. The van der Waals surface area contributed by atoms with Gasteiger partial charge in [-0.2, -0.15) is 0 Å². The number of ether oxygens (including phenoxy) is 1. The Hall–Kier alpha value is -3.19. The Kier molecular flexibility index (Phi) is 4.83. The standard InChI is InChI=1S/C21H23N5O2/c1-22-14-21(11-12-21)15-3-5-16(6-4-15)24-20(27)19-13-23-25-26(19)17-7-9-18(28-2)10-8-17/h3-10,13,22H,11-12,14H2,1-2H3,(H,24,27). The van der Waals surface area contributed by atoms with Crippen molar-refractivity contribution < 1.29 is 9.53 Å². The Balaban J connectivity index is 1.49. The van der Waals surface area contributed by atoms with Gasteiger partial charge >= 0.3 is 0 Å². The molecule has 0 saturated heterocycles. The summed E-state index contributed by atoms with van der Waals surface area (Å²) in [5.74, 6) is 0.478. The maximum atomic E-state index is 12.7. The molecule has 2 aromatic carbocycles. The minimum atomic E-state index is -0.259. The summed E-state index contributed by atoms with van der Waals surface area (Å²) >= 11 is 0. The van der Waals surface area contributed by atoms with Crippen LogP contribution in [0.5, 0.6) is 5.75 Å². The molecule has 4 rings (SSSR count). The van der Waals surface area contributed by atoms with Crippen LogP contribution in [0.25, 0.3) is 5.69 Å². The Morgan fingerprint density at radius 2 is 1.86 bits per heavy atom. The fraction of sp³-hybridized carbons (Fsp3) is 0.286. The fourth-order valence-electron chi connectivity index (χ4n) is 3.46. The molecule has 0 bridgehead atoms. The average Bonchev–Trinajstić information content (AvgIpc) is 3.34. The molecule has 0 atom stereocenters. The number of amides is 1. The molecule has 7 nitrogen and oxygen atoms in total. The summed E-state index contributed by atoms with van der Waals surface area (Å²) < 4.78 is 6.68. The number of hydrogen-bond acceptors (Lipinski definition) is 5. The zero-order valence-corrected chi connectivity index (χ0v) is 16.0. The van der Waals surface area contributed by atoms with Gasteiger partial charge in [-0.25, -0.2) is 4.68 Å². The highest BCUT2D eigenvalue weighted by molar-refractivity contribution is 6.03. The van der Waals surface area contributed by atoms with E-state index in [0.717, 1.165) is 23.7 Å². The number of hydrogen-bond donors (Lipinski definition) is 2. The lowest BCUT2D eigenvalue weighted by Gasteiger charge is -2.15. The van der Waals surface area contributed by atoms with E-state index in [1.54, 1.807) is 7.11 Å². The molecule has 0 unspecified atom stereocenters. The molecule has 28 heavy (non-hydrogen) atoms. The van der Waals surface area contributed by atoms with Crippen molar-refractivity contribution in [3.05, 3.63) is 66.0 Å². The number of nitrogens with zero attached hydrogens (tertiary/aromatic N) is 3. The van der Waals surface area contributed by atoms with Gasteiger partial charge in [-0.3, -0.25) is 4.79 Å². The van der Waals surface area contributed by atoms with Crippen molar-refractivity contribution in [3.8, 4) is 11.4 Å². The van der Waals surface area contributed by atoms with Gasteiger partial charge in [-0.1, -0.05) is 17.3 Å². The Morgan fingerprint density at radius 1 is 1.14 bits per heavy atom. The molecule has 7 heteroatoms. The number of anilines is 1. The highest BCUT2D eigenvalue weighted by Gasteiger charge is 2.43. The van der Waals surface area contributed by atoms with Gasteiger partial charge in [-0.05, 0) is 61.9 Å². The molecule has 1 aliphatic rings. The van der Waals surface area contributed by atoms with Crippen LogP contribution in [0.3, 0.4) is 0 Å². The van der Waals surface area contributed by atoms with Gasteiger partial charge in [0.2, 0.25) is 0 Å². The van der Waals surface area contributed by atoms with Crippen LogP contribution in [0, 0.1) is 0 Å². The zero-order valence-electron chi connectivity index (χ0n) is 16.0. The molecule has 1 aromatic heterocycles. The summed E-state index contributed by atoms with van der Waals surface area (Å²) in [5, 5.41) is 14.1. The van der Waals surface area contributed by atoms with Crippen molar-refractivity contribution >= 4 is 11.6 Å². The van der Waals surface area contributed by atoms with Crippen LogP contribution in [-0.4, -0.2) is 41.6 Å². The van der Waals surface area contributed by atoms with Crippen LogP contribution >= 0.6 is 0 Å². The molecular formula is C21H23N5O2. The maximum Gasteiger partial charge on any atom is 0.276 e. The third-order valence-corrected chi connectivity index (χ3v) is 5.22. The number of aromatic nitrogens is 3. The number of nitrogens with one attached hydrogen (secondary N) is 2. The van der Waals surface area contributed by atoms with Crippen molar-refractivity contribution in [3.63, 3.8) is 0 Å². The molecular weight excluding hydrogens is 354 g/mol. The van der Waals surface area contributed by atoms with E-state index in [0.29, 0.717) is 5.69 Å². The normalized spacial score (nSPS) is 14.5. The first-order valence-corrected chi connectivity index (χ1v) is 9.27. The number of likely N-dealkylation sites (N-methyl/N-ethyl adjacent to an activating group) is 1. The van der Waals surface area contributed by atoms with E-state index in [9.17, 15) is 4.79 Å². The van der Waals surface area contributed by atoms with Gasteiger partial charge in [0.05, 0.1) is 19.0 Å². The largest absolute Gasteiger partial charge is 0.497 e. The third-order valence-electron chi connectivity index (χ3n) is 5.22. The van der Waals surface area contributed by atoms with Gasteiger partial charge in [0.25, 0.3) is 5.91 Å². The second-order valence-corrected chi connectivity index (χ2v) is 7.07. The Bertz CT molecular complexity index is 959. The second kappa shape index (κ2) is 7.44. The lowest BCUT2D eigenvalue weighted by molar-refractivity contribution is 0.101. The number of benzene rings is 2. The van der Waals surface area contributed by atoms with Crippen LogP contribution < -0.4 is 15.4 Å². The molecule has 1 saturated carbocycles. The minimum absolute atomic E-state index is 0.258. The summed E-state index contributed by atoms with van der Waals surface area (Å²) in [4.78, 5) is 12.7. The molecule has 1 aliphatic carbocycles. The van der Waals surface area contributed by atoms with Crippen molar-refractivity contribution in [2.75, 3.05) is 26.0 Å². The summed E-state index contributed by atoms with van der Waals surface area (Å²) in [6.07, 6.45) is 3.86. The zero-order chi connectivity index (χ0) is 19.6. The first-order valence-electron chi connectivity index (χ1n) is 9.27. The summed E-state index contributed by atoms with van der Waals surface area (Å²) in [7, 11) is 3.59. The van der Waals surface area contributed by atoms with Crippen molar-refractivity contribution in [1.29, 1.82) is 0 Å².